The summed E-state index contributed by atoms with van der Waals surface area (Å²) < 4.78 is 14.6. The van der Waals surface area contributed by atoms with Crippen molar-refractivity contribution in [3.05, 3.63) is 83.9 Å². The molecule has 0 aromatic heterocycles. The predicted octanol–water partition coefficient (Wildman–Crippen LogP) is 4.70. The van der Waals surface area contributed by atoms with Gasteiger partial charge in [-0.2, -0.15) is 0 Å². The normalized spacial score (nSPS) is 17.6. The first-order valence-electron chi connectivity index (χ1n) is 10.4. The highest BCUT2D eigenvalue weighted by molar-refractivity contribution is 5.89. The Balaban J connectivity index is 1.87. The van der Waals surface area contributed by atoms with Crippen LogP contribution in [-0.4, -0.2) is 48.6 Å². The van der Waals surface area contributed by atoms with E-state index in [1.54, 1.807) is 41.6 Å². The summed E-state index contributed by atoms with van der Waals surface area (Å²) in [6.45, 7) is 8.57. The summed E-state index contributed by atoms with van der Waals surface area (Å²) >= 11 is 0. The fourth-order valence-electron chi connectivity index (χ4n) is 2.92. The fraction of sp³-hybridized carbons (Fsp3) is 0.360. The van der Waals surface area contributed by atoms with Crippen molar-refractivity contribution in [2.24, 2.45) is 4.99 Å². The molecule has 1 aromatic rings. The minimum atomic E-state index is -0.289. The van der Waals surface area contributed by atoms with Crippen LogP contribution in [0.15, 0.2) is 71.9 Å². The molecule has 2 rings (SSSR count). The molecule has 1 aliphatic heterocycles. The molecule has 4 nitrogen and oxygen atoms in total. The number of amides is 1. The molecule has 5 heteroatoms. The van der Waals surface area contributed by atoms with Crippen LogP contribution in [0, 0.1) is 5.82 Å². The van der Waals surface area contributed by atoms with Crippen LogP contribution < -0.4 is 0 Å². The Hall–Kier alpha value is -2.79. The molecule has 0 spiro atoms. The number of nitrogens with zero attached hydrogens (tertiary/aromatic N) is 3. The molecule has 1 aromatic carbocycles. The highest BCUT2D eigenvalue weighted by Crippen LogP contribution is 2.14. The van der Waals surface area contributed by atoms with Gasteiger partial charge < -0.3 is 9.80 Å². The summed E-state index contributed by atoms with van der Waals surface area (Å²) in [7, 11) is 2.09. The van der Waals surface area contributed by atoms with Gasteiger partial charge >= 0.3 is 0 Å². The van der Waals surface area contributed by atoms with Gasteiger partial charge in [0.15, 0.2) is 0 Å². The maximum Gasteiger partial charge on any atom is 0.247 e. The number of hydrogen-bond donors (Lipinski definition) is 0. The van der Waals surface area contributed by atoms with E-state index in [-0.39, 0.29) is 18.3 Å². The maximum atomic E-state index is 14.6. The first kappa shape index (κ1) is 23.5. The number of likely N-dealkylation sites (N-methyl/N-ethyl adjacent to an activating group) is 1. The van der Waals surface area contributed by atoms with Crippen LogP contribution in [0.5, 0.6) is 0 Å². The van der Waals surface area contributed by atoms with E-state index >= 15 is 0 Å². The summed E-state index contributed by atoms with van der Waals surface area (Å²) in [5, 5.41) is 0. The van der Waals surface area contributed by atoms with Gasteiger partial charge in [-0.15, -0.1) is 0 Å². The smallest absolute Gasteiger partial charge is 0.247 e. The lowest BCUT2D eigenvalue weighted by atomic mass is 10.1. The Labute approximate surface area is 179 Å². The van der Waals surface area contributed by atoms with Gasteiger partial charge in [0, 0.05) is 43.7 Å². The van der Waals surface area contributed by atoms with Crippen molar-refractivity contribution in [2.75, 3.05) is 26.7 Å². The summed E-state index contributed by atoms with van der Waals surface area (Å²) in [4.78, 5) is 20.1. The lowest BCUT2D eigenvalue weighted by Gasteiger charge is -2.19. The number of halogens is 1. The zero-order valence-corrected chi connectivity index (χ0v) is 18.1. The summed E-state index contributed by atoms with van der Waals surface area (Å²) in [5.74, 6) is -0.450. The van der Waals surface area contributed by atoms with Gasteiger partial charge in [-0.05, 0) is 44.0 Å². The molecule has 1 amide bonds. The Morgan fingerprint density at radius 3 is 2.93 bits per heavy atom. The molecule has 1 heterocycles. The standard InChI is InChI=1S/C25H32FN3O/c1-4-21(2)13-17-28(3)16-8-6-9-22-11-12-23(24(26)19-22)20-29-18-15-27-14-7-5-10-25(29)30/h5-8,10-12,14-15,19H,2,4,9,13,16-18,20H2,1,3H3/b8-6-,10-5+,14-7-,27-15+. The average molecular weight is 410 g/mol. The number of carbonyl (C=O) groups is 1. The van der Waals surface area contributed by atoms with Crippen LogP contribution in [0.3, 0.4) is 0 Å². The highest BCUT2D eigenvalue weighted by atomic mass is 19.1. The number of hydrogen-bond acceptors (Lipinski definition) is 3. The molecule has 0 unspecified atom stereocenters. The topological polar surface area (TPSA) is 35.9 Å². The van der Waals surface area contributed by atoms with Crippen LogP contribution in [0.2, 0.25) is 0 Å². The maximum absolute atomic E-state index is 14.6. The van der Waals surface area contributed by atoms with Gasteiger partial charge in [0.2, 0.25) is 5.91 Å². The van der Waals surface area contributed by atoms with E-state index in [0.29, 0.717) is 18.5 Å². The van der Waals surface area contributed by atoms with Crippen LogP contribution in [0.25, 0.3) is 0 Å². The summed E-state index contributed by atoms with van der Waals surface area (Å²) in [5.41, 5.74) is 2.69. The first-order chi connectivity index (χ1) is 14.5. The van der Waals surface area contributed by atoms with Crippen LogP contribution in [-0.2, 0) is 17.8 Å². The molecule has 0 aliphatic carbocycles. The number of aliphatic imine (C=N–C) groups is 1. The minimum Gasteiger partial charge on any atom is -0.329 e. The van der Waals surface area contributed by atoms with Gasteiger partial charge in [0.25, 0.3) is 0 Å². The van der Waals surface area contributed by atoms with Gasteiger partial charge in [-0.25, -0.2) is 4.39 Å². The lowest BCUT2D eigenvalue weighted by Crippen LogP contribution is -2.31. The van der Waals surface area contributed by atoms with E-state index in [4.69, 9.17) is 0 Å². The molecule has 0 radical (unpaired) electrons. The lowest BCUT2D eigenvalue weighted by molar-refractivity contribution is -0.125. The third kappa shape index (κ3) is 8.29. The Kier molecular flexibility index (Phi) is 9.95. The molecular weight excluding hydrogens is 377 g/mol. The zero-order valence-electron chi connectivity index (χ0n) is 18.1. The Morgan fingerprint density at radius 2 is 2.17 bits per heavy atom. The molecule has 0 saturated heterocycles. The molecule has 0 bridgehead atoms. The molecule has 0 atom stereocenters. The average Bonchev–Trinajstić information content (AvgIpc) is 2.83. The second-order valence-electron chi connectivity index (χ2n) is 7.47. The number of carbonyl (C=O) groups excluding carboxylic acids is 1. The van der Waals surface area contributed by atoms with E-state index in [0.717, 1.165) is 31.5 Å². The molecule has 1 aliphatic rings. The Bertz CT molecular complexity index is 839. The van der Waals surface area contributed by atoms with Gasteiger partial charge in [0.1, 0.15) is 5.82 Å². The van der Waals surface area contributed by atoms with Gasteiger partial charge in [-0.1, -0.05) is 49.4 Å². The van der Waals surface area contributed by atoms with Crippen molar-refractivity contribution >= 4 is 12.1 Å². The Morgan fingerprint density at radius 1 is 1.33 bits per heavy atom. The monoisotopic (exact) mass is 409 g/mol. The van der Waals surface area contributed by atoms with E-state index < -0.39 is 0 Å². The predicted molar refractivity (Wildman–Crippen MR) is 123 cm³/mol. The van der Waals surface area contributed by atoms with E-state index in [9.17, 15) is 9.18 Å². The van der Waals surface area contributed by atoms with Crippen LogP contribution in [0.4, 0.5) is 4.39 Å². The van der Waals surface area contributed by atoms with Crippen molar-refractivity contribution in [1.82, 2.24) is 9.80 Å². The minimum absolute atomic E-state index is 0.161. The quantitative estimate of drug-likeness (QED) is 0.526. The van der Waals surface area contributed by atoms with E-state index in [1.165, 1.54) is 11.6 Å². The van der Waals surface area contributed by atoms with Crippen molar-refractivity contribution in [2.45, 2.75) is 32.7 Å². The fourth-order valence-corrected chi connectivity index (χ4v) is 2.92. The third-order valence-corrected chi connectivity index (χ3v) is 5.00. The molecular formula is C25H32FN3O. The highest BCUT2D eigenvalue weighted by Gasteiger charge is 2.13. The second-order valence-corrected chi connectivity index (χ2v) is 7.47. The van der Waals surface area contributed by atoms with Crippen LogP contribution >= 0.6 is 0 Å². The van der Waals surface area contributed by atoms with E-state index in [2.05, 4.69) is 42.6 Å². The van der Waals surface area contributed by atoms with E-state index in [1.807, 2.05) is 6.07 Å². The zero-order chi connectivity index (χ0) is 21.8. The van der Waals surface area contributed by atoms with Crippen molar-refractivity contribution in [1.29, 1.82) is 0 Å². The molecule has 160 valence electrons. The van der Waals surface area contributed by atoms with Crippen molar-refractivity contribution in [3.63, 3.8) is 0 Å². The summed E-state index contributed by atoms with van der Waals surface area (Å²) in [6, 6.07) is 5.24. The number of rotatable bonds is 10. The van der Waals surface area contributed by atoms with Gasteiger partial charge in [-0.3, -0.25) is 9.79 Å². The molecule has 0 fully saturated rings. The summed E-state index contributed by atoms with van der Waals surface area (Å²) in [6.07, 6.45) is 15.0. The first-order valence-corrected chi connectivity index (χ1v) is 10.4. The third-order valence-electron chi connectivity index (χ3n) is 5.00. The molecule has 30 heavy (non-hydrogen) atoms. The molecule has 0 N–H and O–H groups in total. The van der Waals surface area contributed by atoms with Crippen molar-refractivity contribution < 1.29 is 9.18 Å². The SMILES string of the molecule is C=C(CC)CCN(C)C/C=C\Cc1ccc(CN2C/C=N/C=C\C=C\C2=O)c(F)c1. The van der Waals surface area contributed by atoms with Crippen LogP contribution in [0.1, 0.15) is 30.9 Å². The van der Waals surface area contributed by atoms with Gasteiger partial charge in [0.05, 0.1) is 6.54 Å². The number of allylic oxidation sites excluding steroid dienone is 3. The van der Waals surface area contributed by atoms with Crippen molar-refractivity contribution in [3.8, 4) is 0 Å². The second kappa shape index (κ2) is 12.7. The molecule has 0 saturated carbocycles. The largest absolute Gasteiger partial charge is 0.329 e. The number of benzene rings is 1.